The molecular weight excluding hydrogens is 476 g/mol. The number of carboxylic acids is 1. The molecule has 0 fully saturated rings. The van der Waals surface area contributed by atoms with E-state index in [1.807, 2.05) is 45.0 Å². The van der Waals surface area contributed by atoms with E-state index >= 15 is 0 Å². The van der Waals surface area contributed by atoms with Gasteiger partial charge in [0.05, 0.1) is 0 Å². The summed E-state index contributed by atoms with van der Waals surface area (Å²) >= 11 is 0. The number of oxazole rings is 1. The Hall–Kier alpha value is -3.89. The number of benzene rings is 1. The smallest absolute Gasteiger partial charge is 0.326 e. The molecule has 11 heteroatoms. The summed E-state index contributed by atoms with van der Waals surface area (Å²) in [5, 5.41) is 14.9. The number of carboxylic acid groups (broad SMARTS) is 1. The zero-order valence-corrected chi connectivity index (χ0v) is 21.9. The van der Waals surface area contributed by atoms with Crippen molar-refractivity contribution in [3.05, 3.63) is 52.7 Å². The first-order valence-corrected chi connectivity index (χ1v) is 12.4. The first-order chi connectivity index (χ1) is 17.5. The van der Waals surface area contributed by atoms with Crippen LogP contribution in [0.2, 0.25) is 0 Å². The second kappa shape index (κ2) is 14.0. The number of nitrogens with zero attached hydrogens (tertiary/aromatic N) is 2. The lowest BCUT2D eigenvalue weighted by Gasteiger charge is -2.18. The van der Waals surface area contributed by atoms with E-state index in [0.29, 0.717) is 25.7 Å². The van der Waals surface area contributed by atoms with E-state index in [-0.39, 0.29) is 48.1 Å². The van der Waals surface area contributed by atoms with Gasteiger partial charge in [0, 0.05) is 13.0 Å². The van der Waals surface area contributed by atoms with Gasteiger partial charge >= 0.3 is 5.97 Å². The van der Waals surface area contributed by atoms with Crippen molar-refractivity contribution in [1.29, 1.82) is 0 Å². The van der Waals surface area contributed by atoms with Crippen molar-refractivity contribution in [2.45, 2.75) is 71.9 Å². The van der Waals surface area contributed by atoms with Gasteiger partial charge in [-0.2, -0.15) is 0 Å². The van der Waals surface area contributed by atoms with Crippen LogP contribution in [0.3, 0.4) is 0 Å². The Morgan fingerprint density at radius 1 is 1.11 bits per heavy atom. The van der Waals surface area contributed by atoms with Crippen LogP contribution in [0.4, 0.5) is 0 Å². The van der Waals surface area contributed by atoms with E-state index in [1.54, 1.807) is 6.92 Å². The van der Waals surface area contributed by atoms with Crippen molar-refractivity contribution in [1.82, 2.24) is 15.6 Å². The van der Waals surface area contributed by atoms with E-state index in [2.05, 4.69) is 20.6 Å². The average Bonchev–Trinajstić information content (AvgIpc) is 3.21. The topological polar surface area (TPSA) is 186 Å². The fraction of sp³-hybridized carbons (Fsp3) is 0.500. The number of aliphatic carboxylic acids is 1. The molecule has 7 N–H and O–H groups in total. The molecule has 1 aromatic heterocycles. The molecule has 2 atom stereocenters. The van der Waals surface area contributed by atoms with Gasteiger partial charge in [0.25, 0.3) is 5.91 Å². The molecule has 11 nitrogen and oxygen atoms in total. The summed E-state index contributed by atoms with van der Waals surface area (Å²) < 4.78 is 5.76. The van der Waals surface area contributed by atoms with Crippen molar-refractivity contribution < 1.29 is 23.9 Å². The monoisotopic (exact) mass is 514 g/mol. The molecule has 2 amide bonds. The maximum Gasteiger partial charge on any atom is 0.326 e. The highest BCUT2D eigenvalue weighted by atomic mass is 16.4. The maximum absolute atomic E-state index is 12.8. The van der Waals surface area contributed by atoms with Crippen LogP contribution in [0.1, 0.15) is 78.8 Å². The summed E-state index contributed by atoms with van der Waals surface area (Å²) in [4.78, 5) is 45.3. The Bertz CT molecular complexity index is 1090. The SMILES string of the molecule is Cc1ccc(CCC(=O)N[C@@H](CC(C)C)c2nc(C(=O)N[C@@H](CCCN=C(N)N)C(=O)O)c(C)o2)cc1. The molecule has 0 spiro atoms. The van der Waals surface area contributed by atoms with Gasteiger partial charge in [-0.05, 0) is 51.0 Å². The average molecular weight is 515 g/mol. The lowest BCUT2D eigenvalue weighted by Crippen LogP contribution is -2.41. The third-order valence-corrected chi connectivity index (χ3v) is 5.68. The molecule has 0 unspecified atom stereocenters. The molecule has 0 aliphatic rings. The number of guanidine groups is 1. The predicted molar refractivity (Wildman–Crippen MR) is 140 cm³/mol. The molecule has 2 rings (SSSR count). The number of rotatable bonds is 14. The summed E-state index contributed by atoms with van der Waals surface area (Å²) in [6.45, 7) is 7.85. The highest BCUT2D eigenvalue weighted by Crippen LogP contribution is 2.24. The van der Waals surface area contributed by atoms with Crippen molar-refractivity contribution >= 4 is 23.7 Å². The van der Waals surface area contributed by atoms with Crippen molar-refractivity contribution in [3.63, 3.8) is 0 Å². The van der Waals surface area contributed by atoms with Gasteiger partial charge in [-0.3, -0.25) is 14.6 Å². The Kier molecular flexibility index (Phi) is 11.1. The van der Waals surface area contributed by atoms with Crippen LogP contribution in [0.25, 0.3) is 0 Å². The molecule has 37 heavy (non-hydrogen) atoms. The summed E-state index contributed by atoms with van der Waals surface area (Å²) in [6.07, 6.45) is 1.95. The number of aryl methyl sites for hydroxylation is 3. The largest absolute Gasteiger partial charge is 0.480 e. The third kappa shape index (κ3) is 9.94. The number of aromatic nitrogens is 1. The van der Waals surface area contributed by atoms with Crippen LogP contribution >= 0.6 is 0 Å². The molecule has 0 bridgehead atoms. The Balaban J connectivity index is 2.07. The fourth-order valence-corrected chi connectivity index (χ4v) is 3.74. The Morgan fingerprint density at radius 2 is 1.78 bits per heavy atom. The fourth-order valence-electron chi connectivity index (χ4n) is 3.74. The number of nitrogens with two attached hydrogens (primary N) is 2. The zero-order valence-electron chi connectivity index (χ0n) is 21.9. The van der Waals surface area contributed by atoms with Gasteiger partial charge in [-0.15, -0.1) is 0 Å². The Labute approximate surface area is 217 Å². The van der Waals surface area contributed by atoms with Gasteiger partial charge in [0.15, 0.2) is 11.7 Å². The zero-order chi connectivity index (χ0) is 27.5. The molecule has 0 aliphatic heterocycles. The van der Waals surface area contributed by atoms with Crippen molar-refractivity contribution in [2.24, 2.45) is 22.4 Å². The predicted octanol–water partition coefficient (Wildman–Crippen LogP) is 2.36. The van der Waals surface area contributed by atoms with E-state index < -0.39 is 24.0 Å². The normalized spacial score (nSPS) is 12.6. The number of carbonyl (C=O) groups is 3. The Morgan fingerprint density at radius 3 is 2.38 bits per heavy atom. The van der Waals surface area contributed by atoms with Crippen LogP contribution in [-0.2, 0) is 16.0 Å². The number of carbonyl (C=O) groups excluding carboxylic acids is 2. The maximum atomic E-state index is 12.8. The molecule has 0 saturated carbocycles. The molecular formula is C26H38N6O5. The van der Waals surface area contributed by atoms with Crippen LogP contribution < -0.4 is 22.1 Å². The van der Waals surface area contributed by atoms with E-state index in [1.165, 1.54) is 0 Å². The van der Waals surface area contributed by atoms with E-state index in [9.17, 15) is 19.5 Å². The van der Waals surface area contributed by atoms with Crippen LogP contribution in [0.15, 0.2) is 33.7 Å². The second-order valence-corrected chi connectivity index (χ2v) is 9.51. The van der Waals surface area contributed by atoms with E-state index in [0.717, 1.165) is 11.1 Å². The molecule has 0 saturated heterocycles. The quantitative estimate of drug-likeness (QED) is 0.144. The number of nitrogens with one attached hydrogen (secondary N) is 2. The highest BCUT2D eigenvalue weighted by Gasteiger charge is 2.27. The molecule has 202 valence electrons. The molecule has 0 radical (unpaired) electrons. The third-order valence-electron chi connectivity index (χ3n) is 5.68. The second-order valence-electron chi connectivity index (χ2n) is 9.51. The molecule has 2 aromatic rings. The minimum atomic E-state index is -1.18. The van der Waals surface area contributed by atoms with E-state index in [4.69, 9.17) is 15.9 Å². The summed E-state index contributed by atoms with van der Waals surface area (Å²) in [6, 6.07) is 6.35. The molecule has 0 aliphatic carbocycles. The molecule has 1 heterocycles. The van der Waals surface area contributed by atoms with Gasteiger partial charge in [0.2, 0.25) is 11.8 Å². The summed E-state index contributed by atoms with van der Waals surface area (Å²) in [5.41, 5.74) is 12.8. The first-order valence-electron chi connectivity index (χ1n) is 12.4. The highest BCUT2D eigenvalue weighted by molar-refractivity contribution is 5.95. The van der Waals surface area contributed by atoms with Crippen LogP contribution in [-0.4, -0.2) is 46.4 Å². The lowest BCUT2D eigenvalue weighted by atomic mass is 10.0. The lowest BCUT2D eigenvalue weighted by molar-refractivity contribution is -0.139. The van der Waals surface area contributed by atoms with Crippen LogP contribution in [0, 0.1) is 19.8 Å². The minimum absolute atomic E-state index is 0.0202. The first kappa shape index (κ1) is 29.3. The van der Waals surface area contributed by atoms with Crippen molar-refractivity contribution in [2.75, 3.05) is 6.54 Å². The summed E-state index contributed by atoms with van der Waals surface area (Å²) in [5.74, 6) is -1.43. The number of aliphatic imine (C=N–C) groups is 1. The molecule has 1 aromatic carbocycles. The van der Waals surface area contributed by atoms with Gasteiger partial charge < -0.3 is 31.6 Å². The van der Waals surface area contributed by atoms with Crippen molar-refractivity contribution in [3.8, 4) is 0 Å². The van der Waals surface area contributed by atoms with Gasteiger partial charge in [-0.1, -0.05) is 43.7 Å². The van der Waals surface area contributed by atoms with Gasteiger partial charge in [-0.25, -0.2) is 9.78 Å². The minimum Gasteiger partial charge on any atom is -0.480 e. The summed E-state index contributed by atoms with van der Waals surface area (Å²) in [7, 11) is 0. The number of hydrogen-bond donors (Lipinski definition) is 5. The van der Waals surface area contributed by atoms with Gasteiger partial charge in [0.1, 0.15) is 17.8 Å². The number of hydrogen-bond acceptors (Lipinski definition) is 6. The number of amides is 2. The standard InChI is InChI=1S/C26H38N6O5/c1-15(2)14-20(30-21(33)12-11-18-9-7-16(3)8-10-18)24-32-22(17(4)37-24)23(34)31-19(25(35)36)6-5-13-29-26(27)28/h7-10,15,19-20H,5-6,11-14H2,1-4H3,(H,30,33)(H,31,34)(H,35,36)(H4,27,28,29)/t19-,20-/m0/s1. The van der Waals surface area contributed by atoms with Crippen LogP contribution in [0.5, 0.6) is 0 Å².